The Morgan fingerprint density at radius 3 is 2.26 bits per heavy atom. The van der Waals surface area contributed by atoms with E-state index in [1.807, 2.05) is 0 Å². The van der Waals surface area contributed by atoms with Crippen molar-refractivity contribution in [3.8, 4) is 0 Å². The lowest BCUT2D eigenvalue weighted by molar-refractivity contribution is -0.140. The van der Waals surface area contributed by atoms with Crippen LogP contribution in [0.4, 0.5) is 5.88 Å². The summed E-state index contributed by atoms with van der Waals surface area (Å²) in [5.74, 6) is 1.62. The molecule has 4 aliphatic rings. The molecule has 4 aliphatic carbocycles. The van der Waals surface area contributed by atoms with E-state index in [1.165, 1.54) is 26.4 Å². The molecule has 4 saturated carbocycles. The highest BCUT2D eigenvalue weighted by Crippen LogP contribution is 2.60. The Labute approximate surface area is 134 Å². The Morgan fingerprint density at radius 2 is 1.74 bits per heavy atom. The number of anilines is 1. The maximum atomic E-state index is 13.0. The summed E-state index contributed by atoms with van der Waals surface area (Å²) in [5, 5.41) is 6.63. The molecule has 1 N–H and O–H groups in total. The fourth-order valence-electron chi connectivity index (χ4n) is 5.42. The summed E-state index contributed by atoms with van der Waals surface area (Å²) in [4.78, 5) is 24.9. The molecule has 0 saturated heterocycles. The molecule has 0 unspecified atom stereocenters. The van der Waals surface area contributed by atoms with Crippen molar-refractivity contribution in [3.63, 3.8) is 0 Å². The Morgan fingerprint density at radius 1 is 1.17 bits per heavy atom. The molecule has 1 amide bonds. The van der Waals surface area contributed by atoms with E-state index in [4.69, 9.17) is 9.26 Å². The number of methoxy groups -OCH3 is 1. The van der Waals surface area contributed by atoms with Gasteiger partial charge in [0.1, 0.15) is 5.56 Å². The van der Waals surface area contributed by atoms with Crippen molar-refractivity contribution in [2.24, 2.45) is 23.2 Å². The third-order valence-corrected chi connectivity index (χ3v) is 6.00. The molecule has 6 nitrogen and oxygen atoms in total. The number of ether oxygens (including phenoxy) is 1. The Kier molecular flexibility index (Phi) is 3.25. The first-order chi connectivity index (χ1) is 11.0. The Hall–Kier alpha value is -1.85. The van der Waals surface area contributed by atoms with Crippen LogP contribution in [0.5, 0.6) is 0 Å². The normalized spacial score (nSPS) is 34.4. The number of carbonyl (C=O) groups is 2. The van der Waals surface area contributed by atoms with Crippen molar-refractivity contribution >= 4 is 17.8 Å². The van der Waals surface area contributed by atoms with Gasteiger partial charge in [0.25, 0.3) is 0 Å². The van der Waals surface area contributed by atoms with Crippen LogP contribution in [0.2, 0.25) is 0 Å². The van der Waals surface area contributed by atoms with Gasteiger partial charge in [-0.15, -0.1) is 0 Å². The van der Waals surface area contributed by atoms with E-state index in [-0.39, 0.29) is 22.8 Å². The molecular formula is C17H22N2O4. The number of nitrogens with one attached hydrogen (secondary N) is 1. The first-order valence-corrected chi connectivity index (χ1v) is 8.37. The second-order valence-electron chi connectivity index (χ2n) is 7.62. The molecule has 4 fully saturated rings. The van der Waals surface area contributed by atoms with E-state index in [9.17, 15) is 9.59 Å². The first kappa shape index (κ1) is 14.7. The van der Waals surface area contributed by atoms with Gasteiger partial charge in [-0.05, 0) is 63.2 Å². The number of aryl methyl sites for hydroxylation is 1. The fraction of sp³-hybridized carbons (Fsp3) is 0.706. The summed E-state index contributed by atoms with van der Waals surface area (Å²) in [5.41, 5.74) is 0.353. The average molecular weight is 318 g/mol. The Balaban J connectivity index is 1.58. The molecule has 1 aromatic heterocycles. The molecule has 23 heavy (non-hydrogen) atoms. The van der Waals surface area contributed by atoms with Gasteiger partial charge in [0, 0.05) is 0 Å². The van der Waals surface area contributed by atoms with Gasteiger partial charge in [0.15, 0.2) is 0 Å². The zero-order valence-corrected chi connectivity index (χ0v) is 13.6. The first-order valence-electron chi connectivity index (χ1n) is 8.37. The predicted molar refractivity (Wildman–Crippen MR) is 81.8 cm³/mol. The van der Waals surface area contributed by atoms with Crippen LogP contribution in [-0.2, 0) is 9.53 Å². The van der Waals surface area contributed by atoms with Crippen LogP contribution in [0, 0.1) is 30.1 Å². The van der Waals surface area contributed by atoms with Crippen molar-refractivity contribution in [3.05, 3.63) is 11.3 Å². The standard InChI is InChI=1S/C17H22N2O4/c1-9-13(15(20)22-2)14(23-19-9)18-16(21)17-6-10-3-11(7-17)5-12(4-10)8-17/h10-12H,3-8H2,1-2H3,(H,18,21). The van der Waals surface area contributed by atoms with Crippen LogP contribution in [0.1, 0.15) is 54.6 Å². The maximum absolute atomic E-state index is 13.0. The van der Waals surface area contributed by atoms with Crippen LogP contribution < -0.4 is 5.32 Å². The van der Waals surface area contributed by atoms with Gasteiger partial charge < -0.3 is 9.26 Å². The molecular weight excluding hydrogens is 296 g/mol. The minimum Gasteiger partial charge on any atom is -0.465 e. The second kappa shape index (κ2) is 5.08. The third-order valence-electron chi connectivity index (χ3n) is 6.00. The SMILES string of the molecule is COC(=O)c1c(C)noc1NC(=O)C12CC3CC(CC(C3)C1)C2. The van der Waals surface area contributed by atoms with Gasteiger partial charge in [0.05, 0.1) is 18.2 Å². The zero-order chi connectivity index (χ0) is 16.2. The van der Waals surface area contributed by atoms with Crippen molar-refractivity contribution < 1.29 is 18.8 Å². The van der Waals surface area contributed by atoms with Gasteiger partial charge >= 0.3 is 5.97 Å². The van der Waals surface area contributed by atoms with Crippen LogP contribution in [0.3, 0.4) is 0 Å². The van der Waals surface area contributed by atoms with E-state index in [0.29, 0.717) is 23.4 Å². The van der Waals surface area contributed by atoms with Gasteiger partial charge in [0.2, 0.25) is 11.8 Å². The second-order valence-corrected chi connectivity index (χ2v) is 7.62. The van der Waals surface area contributed by atoms with Crippen molar-refractivity contribution in [1.82, 2.24) is 5.16 Å². The van der Waals surface area contributed by atoms with E-state index in [0.717, 1.165) is 19.3 Å². The predicted octanol–water partition coefficient (Wildman–Crippen LogP) is 2.92. The lowest BCUT2D eigenvalue weighted by Crippen LogP contribution is -2.51. The summed E-state index contributed by atoms with van der Waals surface area (Å²) in [6.07, 6.45) is 6.73. The molecule has 1 heterocycles. The average Bonchev–Trinajstić information content (AvgIpc) is 2.86. The number of carbonyl (C=O) groups excluding carboxylic acids is 2. The number of aromatic nitrogens is 1. The van der Waals surface area contributed by atoms with E-state index >= 15 is 0 Å². The molecule has 5 rings (SSSR count). The summed E-state index contributed by atoms with van der Waals surface area (Å²) in [6.45, 7) is 1.66. The van der Waals surface area contributed by atoms with Crippen LogP contribution in [0.15, 0.2) is 4.52 Å². The van der Waals surface area contributed by atoms with Crippen molar-refractivity contribution in [1.29, 1.82) is 0 Å². The monoisotopic (exact) mass is 318 g/mol. The number of nitrogens with zero attached hydrogens (tertiary/aromatic N) is 1. The van der Waals surface area contributed by atoms with Crippen molar-refractivity contribution in [2.45, 2.75) is 45.4 Å². The highest BCUT2D eigenvalue weighted by atomic mass is 16.5. The van der Waals surface area contributed by atoms with Gasteiger partial charge in [-0.1, -0.05) is 5.16 Å². The van der Waals surface area contributed by atoms with Crippen molar-refractivity contribution in [2.75, 3.05) is 12.4 Å². The molecule has 6 heteroatoms. The van der Waals surface area contributed by atoms with Crippen LogP contribution >= 0.6 is 0 Å². The fourth-order valence-corrected chi connectivity index (χ4v) is 5.42. The molecule has 0 spiro atoms. The smallest absolute Gasteiger partial charge is 0.345 e. The third kappa shape index (κ3) is 2.26. The summed E-state index contributed by atoms with van der Waals surface area (Å²) < 4.78 is 9.93. The number of rotatable bonds is 3. The zero-order valence-electron chi connectivity index (χ0n) is 13.6. The molecule has 0 atom stereocenters. The highest BCUT2D eigenvalue weighted by Gasteiger charge is 2.54. The largest absolute Gasteiger partial charge is 0.465 e. The highest BCUT2D eigenvalue weighted by molar-refractivity contribution is 6.02. The van der Waals surface area contributed by atoms with Gasteiger partial charge in [-0.2, -0.15) is 0 Å². The topological polar surface area (TPSA) is 81.4 Å². The molecule has 0 aromatic carbocycles. The summed E-state index contributed by atoms with van der Waals surface area (Å²) in [6, 6.07) is 0. The molecule has 0 radical (unpaired) electrons. The molecule has 124 valence electrons. The van der Waals surface area contributed by atoms with Crippen LogP contribution in [-0.4, -0.2) is 24.1 Å². The number of hydrogen-bond acceptors (Lipinski definition) is 5. The molecule has 4 bridgehead atoms. The molecule has 1 aromatic rings. The van der Waals surface area contributed by atoms with Gasteiger partial charge in [-0.3, -0.25) is 10.1 Å². The summed E-state index contributed by atoms with van der Waals surface area (Å²) in [7, 11) is 1.31. The lowest BCUT2D eigenvalue weighted by Gasteiger charge is -2.55. The quantitative estimate of drug-likeness (QED) is 0.867. The van der Waals surface area contributed by atoms with E-state index in [1.54, 1.807) is 6.92 Å². The Bertz CT molecular complexity index is 628. The lowest BCUT2D eigenvalue weighted by atomic mass is 9.49. The minimum absolute atomic E-state index is 0.0158. The van der Waals surface area contributed by atoms with Crippen LogP contribution in [0.25, 0.3) is 0 Å². The number of amides is 1. The van der Waals surface area contributed by atoms with Gasteiger partial charge in [-0.25, -0.2) is 4.79 Å². The number of esters is 1. The minimum atomic E-state index is -0.537. The number of hydrogen-bond donors (Lipinski definition) is 1. The maximum Gasteiger partial charge on any atom is 0.345 e. The molecule has 0 aliphatic heterocycles. The summed E-state index contributed by atoms with van der Waals surface area (Å²) >= 11 is 0. The van der Waals surface area contributed by atoms with E-state index < -0.39 is 5.97 Å². The van der Waals surface area contributed by atoms with E-state index in [2.05, 4.69) is 10.5 Å².